The zero-order chi connectivity index (χ0) is 16.2. The summed E-state index contributed by atoms with van der Waals surface area (Å²) in [6.45, 7) is 3.84. The van der Waals surface area contributed by atoms with Gasteiger partial charge in [-0.2, -0.15) is 0 Å². The number of benzene rings is 1. The number of piperazine rings is 1. The summed E-state index contributed by atoms with van der Waals surface area (Å²) in [7, 11) is 3.80. The number of aromatic amines is 1. The largest absolute Gasteiger partial charge is 0.355 e. The van der Waals surface area contributed by atoms with Gasteiger partial charge >= 0.3 is 0 Å². The molecule has 0 spiro atoms. The lowest BCUT2D eigenvalue weighted by molar-refractivity contribution is 0.0893. The van der Waals surface area contributed by atoms with E-state index in [0.717, 1.165) is 31.9 Å². The van der Waals surface area contributed by atoms with Crippen LogP contribution in [0.3, 0.4) is 0 Å². The van der Waals surface area contributed by atoms with Crippen LogP contribution in [-0.2, 0) is 6.54 Å². The molecule has 1 saturated heterocycles. The summed E-state index contributed by atoms with van der Waals surface area (Å²) in [6, 6.07) is 8.21. The zero-order valence-corrected chi connectivity index (χ0v) is 13.6. The molecule has 1 amide bonds. The number of likely N-dealkylation sites (N-methyl/N-ethyl adjacent to an activating group) is 1. The topological polar surface area (TPSA) is 64.3 Å². The highest BCUT2D eigenvalue weighted by atomic mass is 16.1. The van der Waals surface area contributed by atoms with Gasteiger partial charge in [0, 0.05) is 56.7 Å². The molecule has 1 fully saturated rings. The molecule has 3 rings (SSSR count). The van der Waals surface area contributed by atoms with Gasteiger partial charge in [-0.15, -0.1) is 0 Å². The molecule has 0 radical (unpaired) electrons. The zero-order valence-electron chi connectivity index (χ0n) is 13.6. The van der Waals surface area contributed by atoms with E-state index in [4.69, 9.17) is 0 Å². The normalized spacial score (nSPS) is 19.7. The Morgan fingerprint density at radius 1 is 1.43 bits per heavy atom. The summed E-state index contributed by atoms with van der Waals surface area (Å²) >= 11 is 0. The molecule has 0 saturated carbocycles. The van der Waals surface area contributed by atoms with Crippen LogP contribution < -0.4 is 5.32 Å². The number of imidazole rings is 1. The summed E-state index contributed by atoms with van der Waals surface area (Å²) < 4.78 is 0. The highest BCUT2D eigenvalue weighted by Gasteiger charge is 2.26. The monoisotopic (exact) mass is 313 g/mol. The molecule has 2 aromatic rings. The predicted octanol–water partition coefficient (Wildman–Crippen LogP) is 1.26. The maximum Gasteiger partial charge on any atom is 0.251 e. The molecule has 1 atom stereocenters. The second-order valence-electron chi connectivity index (χ2n) is 6.01. The fraction of sp³-hybridized carbons (Fsp3) is 0.412. The molecule has 6 nitrogen and oxygen atoms in total. The summed E-state index contributed by atoms with van der Waals surface area (Å²) in [4.78, 5) is 23.9. The van der Waals surface area contributed by atoms with Crippen molar-refractivity contribution >= 4 is 5.91 Å². The van der Waals surface area contributed by atoms with Crippen LogP contribution in [0.5, 0.6) is 0 Å². The Morgan fingerprint density at radius 3 is 3.04 bits per heavy atom. The maximum absolute atomic E-state index is 11.9. The number of aromatic nitrogens is 2. The van der Waals surface area contributed by atoms with Crippen molar-refractivity contribution in [2.45, 2.75) is 12.6 Å². The van der Waals surface area contributed by atoms with Crippen LogP contribution in [0, 0.1) is 0 Å². The number of hydrogen-bond donors (Lipinski definition) is 2. The molecule has 2 heterocycles. The van der Waals surface area contributed by atoms with Crippen LogP contribution >= 0.6 is 0 Å². The summed E-state index contributed by atoms with van der Waals surface area (Å²) in [5.41, 5.74) is 3.03. The van der Waals surface area contributed by atoms with E-state index in [-0.39, 0.29) is 11.9 Å². The van der Waals surface area contributed by atoms with Crippen molar-refractivity contribution in [2.75, 3.05) is 33.7 Å². The van der Waals surface area contributed by atoms with Crippen molar-refractivity contribution in [3.8, 4) is 0 Å². The van der Waals surface area contributed by atoms with Gasteiger partial charge in [-0.25, -0.2) is 4.98 Å². The first-order valence-corrected chi connectivity index (χ1v) is 7.89. The minimum atomic E-state index is -0.0420. The highest BCUT2D eigenvalue weighted by Crippen LogP contribution is 2.25. The third-order valence-corrected chi connectivity index (χ3v) is 4.44. The van der Waals surface area contributed by atoms with Crippen LogP contribution in [0.4, 0.5) is 0 Å². The van der Waals surface area contributed by atoms with Gasteiger partial charge in [-0.1, -0.05) is 12.1 Å². The smallest absolute Gasteiger partial charge is 0.251 e. The Hall–Kier alpha value is -2.18. The van der Waals surface area contributed by atoms with Gasteiger partial charge in [-0.3, -0.25) is 14.6 Å². The van der Waals surface area contributed by atoms with Crippen molar-refractivity contribution in [1.82, 2.24) is 25.1 Å². The number of rotatable bonds is 4. The van der Waals surface area contributed by atoms with Gasteiger partial charge < -0.3 is 10.3 Å². The summed E-state index contributed by atoms with van der Waals surface area (Å²) in [6.07, 6.45) is 3.59. The summed E-state index contributed by atoms with van der Waals surface area (Å²) in [5.74, 6) is -0.0420. The first kappa shape index (κ1) is 15.7. The lowest BCUT2D eigenvalue weighted by atomic mass is 10.00. The molecule has 6 heteroatoms. The minimum Gasteiger partial charge on any atom is -0.355 e. The van der Waals surface area contributed by atoms with Gasteiger partial charge in [0.2, 0.25) is 0 Å². The molecule has 23 heavy (non-hydrogen) atoms. The minimum absolute atomic E-state index is 0.0420. The van der Waals surface area contributed by atoms with Crippen LogP contribution in [0.1, 0.15) is 27.7 Å². The van der Waals surface area contributed by atoms with Crippen molar-refractivity contribution in [3.63, 3.8) is 0 Å². The molecule has 1 aliphatic heterocycles. The Bertz CT molecular complexity index is 655. The number of nitrogens with one attached hydrogen (secondary N) is 2. The predicted molar refractivity (Wildman–Crippen MR) is 89.1 cm³/mol. The molecule has 0 aliphatic carbocycles. The first-order valence-electron chi connectivity index (χ1n) is 7.89. The molecular formula is C17H23N5O. The number of carbonyl (C=O) groups excluding carboxylic acids is 1. The Balaban J connectivity index is 1.76. The second kappa shape index (κ2) is 6.93. The highest BCUT2D eigenvalue weighted by molar-refractivity contribution is 5.94. The van der Waals surface area contributed by atoms with E-state index in [1.807, 2.05) is 24.4 Å². The fourth-order valence-corrected chi connectivity index (χ4v) is 3.08. The molecule has 1 aromatic carbocycles. The molecule has 1 aliphatic rings. The average molecular weight is 313 g/mol. The molecular weight excluding hydrogens is 290 g/mol. The van der Waals surface area contributed by atoms with Gasteiger partial charge in [0.15, 0.2) is 0 Å². The van der Waals surface area contributed by atoms with Crippen LogP contribution in [0.2, 0.25) is 0 Å². The van der Waals surface area contributed by atoms with Crippen LogP contribution in [0.15, 0.2) is 36.8 Å². The lowest BCUT2D eigenvalue weighted by Gasteiger charge is -2.39. The molecule has 2 N–H and O–H groups in total. The van der Waals surface area contributed by atoms with Crippen molar-refractivity contribution in [1.29, 1.82) is 0 Å². The quantitative estimate of drug-likeness (QED) is 0.892. The van der Waals surface area contributed by atoms with Crippen molar-refractivity contribution in [3.05, 3.63) is 53.6 Å². The van der Waals surface area contributed by atoms with Crippen molar-refractivity contribution in [2.24, 2.45) is 0 Å². The average Bonchev–Trinajstić information content (AvgIpc) is 3.09. The standard InChI is InChI=1S/C17H23N5O/c1-18-17(23)14-5-3-4-13(8-14)16-11-22(7-6-21(16)2)10-15-9-19-12-20-15/h3-5,8-9,12,16H,6-7,10-11H2,1-2H3,(H,18,23)(H,19,20)/t16-/m0/s1. The van der Waals surface area contributed by atoms with Crippen molar-refractivity contribution < 1.29 is 4.79 Å². The first-order chi connectivity index (χ1) is 11.2. The molecule has 0 unspecified atom stereocenters. The molecule has 1 aromatic heterocycles. The number of nitrogens with zero attached hydrogens (tertiary/aromatic N) is 3. The van der Waals surface area contributed by atoms with E-state index in [1.54, 1.807) is 13.4 Å². The van der Waals surface area contributed by atoms with Crippen LogP contribution in [0.25, 0.3) is 0 Å². The third kappa shape index (κ3) is 3.60. The second-order valence-corrected chi connectivity index (χ2v) is 6.01. The van der Waals surface area contributed by atoms with Gasteiger partial charge in [0.25, 0.3) is 5.91 Å². The lowest BCUT2D eigenvalue weighted by Crippen LogP contribution is -2.46. The number of hydrogen-bond acceptors (Lipinski definition) is 4. The summed E-state index contributed by atoms with van der Waals surface area (Å²) in [5, 5.41) is 2.69. The van der Waals surface area contributed by atoms with E-state index in [2.05, 4.69) is 38.2 Å². The number of amides is 1. The Kier molecular flexibility index (Phi) is 4.73. The molecule has 0 bridgehead atoms. The molecule has 122 valence electrons. The van der Waals surface area contributed by atoms with E-state index >= 15 is 0 Å². The van der Waals surface area contributed by atoms with E-state index in [9.17, 15) is 4.79 Å². The van der Waals surface area contributed by atoms with Gasteiger partial charge in [-0.05, 0) is 24.7 Å². The third-order valence-electron chi connectivity index (χ3n) is 4.44. The SMILES string of the molecule is CNC(=O)c1cccc([C@@H]2CN(Cc3cnc[nH]3)CCN2C)c1. The van der Waals surface area contributed by atoms with Gasteiger partial charge in [0.05, 0.1) is 6.33 Å². The maximum atomic E-state index is 11.9. The van der Waals surface area contributed by atoms with E-state index in [1.165, 1.54) is 5.56 Å². The van der Waals surface area contributed by atoms with E-state index in [0.29, 0.717) is 5.56 Å². The van der Waals surface area contributed by atoms with E-state index < -0.39 is 0 Å². The Labute approximate surface area is 136 Å². The number of carbonyl (C=O) groups is 1. The van der Waals surface area contributed by atoms with Gasteiger partial charge in [0.1, 0.15) is 0 Å². The Morgan fingerprint density at radius 2 is 2.30 bits per heavy atom. The fourth-order valence-electron chi connectivity index (χ4n) is 3.08. The number of H-pyrrole nitrogens is 1. The van der Waals surface area contributed by atoms with Crippen LogP contribution in [-0.4, -0.2) is 59.4 Å².